The zero-order valence-electron chi connectivity index (χ0n) is 10.8. The molecule has 2 amide bonds. The summed E-state index contributed by atoms with van der Waals surface area (Å²) in [5, 5.41) is 4.14. The zero-order chi connectivity index (χ0) is 13.1. The van der Waals surface area contributed by atoms with Crippen molar-refractivity contribution in [2.24, 2.45) is 0 Å². The summed E-state index contributed by atoms with van der Waals surface area (Å²) in [6, 6.07) is 2.28. The van der Waals surface area contributed by atoms with Crippen molar-refractivity contribution in [3.63, 3.8) is 0 Å². The fourth-order valence-corrected chi connectivity index (χ4v) is 2.99. The second kappa shape index (κ2) is 5.52. The van der Waals surface area contributed by atoms with E-state index in [2.05, 4.69) is 11.4 Å². The van der Waals surface area contributed by atoms with E-state index in [4.69, 9.17) is 0 Å². The summed E-state index contributed by atoms with van der Waals surface area (Å²) in [6.07, 6.45) is 2.06. The average molecular weight is 266 g/mol. The lowest BCUT2D eigenvalue weighted by Gasteiger charge is -2.26. The Morgan fingerprint density at radius 1 is 1.56 bits per heavy atom. The lowest BCUT2D eigenvalue weighted by molar-refractivity contribution is -0.139. The van der Waals surface area contributed by atoms with E-state index < -0.39 is 0 Å². The van der Waals surface area contributed by atoms with E-state index in [1.54, 1.807) is 18.4 Å². The third kappa shape index (κ3) is 2.72. The molecule has 1 fully saturated rings. The Bertz CT molecular complexity index is 430. The SMILES string of the molecule is CC(=O)N(C)CC(=O)N1CCC[C@H]1c1ccsc1. The van der Waals surface area contributed by atoms with Crippen molar-refractivity contribution in [2.45, 2.75) is 25.8 Å². The number of rotatable bonds is 3. The highest BCUT2D eigenvalue weighted by Gasteiger charge is 2.30. The van der Waals surface area contributed by atoms with Gasteiger partial charge in [0.15, 0.2) is 0 Å². The molecule has 0 saturated carbocycles. The first kappa shape index (κ1) is 13.1. The van der Waals surface area contributed by atoms with Crippen LogP contribution >= 0.6 is 11.3 Å². The second-order valence-corrected chi connectivity index (χ2v) is 5.46. The van der Waals surface area contributed by atoms with Crippen LogP contribution in [0.2, 0.25) is 0 Å². The number of carbonyl (C=O) groups excluding carboxylic acids is 2. The summed E-state index contributed by atoms with van der Waals surface area (Å²) in [6.45, 7) is 2.45. The lowest BCUT2D eigenvalue weighted by atomic mass is 10.1. The predicted molar refractivity (Wildman–Crippen MR) is 71.3 cm³/mol. The summed E-state index contributed by atoms with van der Waals surface area (Å²) in [7, 11) is 1.66. The molecule has 98 valence electrons. The van der Waals surface area contributed by atoms with Crippen LogP contribution in [0, 0.1) is 0 Å². The van der Waals surface area contributed by atoms with Gasteiger partial charge in [0.25, 0.3) is 0 Å². The number of carbonyl (C=O) groups is 2. The van der Waals surface area contributed by atoms with Crippen LogP contribution in [0.15, 0.2) is 16.8 Å². The van der Waals surface area contributed by atoms with Gasteiger partial charge in [-0.05, 0) is 35.2 Å². The maximum atomic E-state index is 12.2. The van der Waals surface area contributed by atoms with Gasteiger partial charge >= 0.3 is 0 Å². The lowest BCUT2D eigenvalue weighted by Crippen LogP contribution is -2.40. The van der Waals surface area contributed by atoms with Crippen LogP contribution in [-0.2, 0) is 9.59 Å². The van der Waals surface area contributed by atoms with Gasteiger partial charge in [-0.2, -0.15) is 11.3 Å². The highest BCUT2D eigenvalue weighted by molar-refractivity contribution is 7.07. The highest BCUT2D eigenvalue weighted by atomic mass is 32.1. The van der Waals surface area contributed by atoms with Crippen molar-refractivity contribution in [3.05, 3.63) is 22.4 Å². The molecule has 1 saturated heterocycles. The van der Waals surface area contributed by atoms with Gasteiger partial charge in [-0.25, -0.2) is 0 Å². The molecule has 0 bridgehead atoms. The zero-order valence-corrected chi connectivity index (χ0v) is 11.6. The molecule has 2 rings (SSSR count). The minimum absolute atomic E-state index is 0.0430. The van der Waals surface area contributed by atoms with E-state index in [1.165, 1.54) is 17.4 Å². The average Bonchev–Trinajstić information content (AvgIpc) is 2.99. The quantitative estimate of drug-likeness (QED) is 0.838. The first-order valence-corrected chi connectivity index (χ1v) is 7.07. The van der Waals surface area contributed by atoms with Gasteiger partial charge in [-0.1, -0.05) is 0 Å². The number of hydrogen-bond donors (Lipinski definition) is 0. The van der Waals surface area contributed by atoms with Crippen molar-refractivity contribution in [1.29, 1.82) is 0 Å². The molecule has 1 aliphatic rings. The van der Waals surface area contributed by atoms with Crippen LogP contribution < -0.4 is 0 Å². The molecule has 0 aromatic carbocycles. The fourth-order valence-electron chi connectivity index (χ4n) is 2.28. The third-order valence-corrected chi connectivity index (χ3v) is 4.11. The molecule has 0 spiro atoms. The Kier molecular flexibility index (Phi) is 4.01. The Morgan fingerprint density at radius 2 is 2.33 bits per heavy atom. The number of hydrogen-bond acceptors (Lipinski definition) is 3. The smallest absolute Gasteiger partial charge is 0.242 e. The van der Waals surface area contributed by atoms with Crippen LogP contribution in [0.3, 0.4) is 0 Å². The van der Waals surface area contributed by atoms with Gasteiger partial charge < -0.3 is 9.80 Å². The maximum absolute atomic E-state index is 12.2. The van der Waals surface area contributed by atoms with Gasteiger partial charge in [0.1, 0.15) is 0 Å². The topological polar surface area (TPSA) is 40.6 Å². The number of likely N-dealkylation sites (tertiary alicyclic amines) is 1. The Balaban J connectivity index is 2.03. The molecule has 1 aromatic heterocycles. The van der Waals surface area contributed by atoms with Gasteiger partial charge in [0.2, 0.25) is 11.8 Å². The molecule has 5 heteroatoms. The van der Waals surface area contributed by atoms with Crippen LogP contribution in [-0.4, -0.2) is 41.8 Å². The van der Waals surface area contributed by atoms with E-state index >= 15 is 0 Å². The summed E-state index contributed by atoms with van der Waals surface area (Å²) in [4.78, 5) is 26.7. The Labute approximate surface area is 111 Å². The van der Waals surface area contributed by atoms with E-state index in [1.807, 2.05) is 10.3 Å². The highest BCUT2D eigenvalue weighted by Crippen LogP contribution is 2.32. The number of nitrogens with zero attached hydrogens (tertiary/aromatic N) is 2. The van der Waals surface area contributed by atoms with Crippen LogP contribution in [0.25, 0.3) is 0 Å². The summed E-state index contributed by atoms with van der Waals surface area (Å²) < 4.78 is 0. The predicted octanol–water partition coefficient (Wildman–Crippen LogP) is 1.89. The molecule has 0 radical (unpaired) electrons. The van der Waals surface area contributed by atoms with E-state index in [0.717, 1.165) is 19.4 Å². The minimum atomic E-state index is -0.0744. The molecule has 18 heavy (non-hydrogen) atoms. The Hall–Kier alpha value is -1.36. The molecule has 0 N–H and O–H groups in total. The van der Waals surface area contributed by atoms with E-state index in [-0.39, 0.29) is 24.4 Å². The summed E-state index contributed by atoms with van der Waals surface area (Å²) in [5.41, 5.74) is 1.22. The molecule has 0 unspecified atom stereocenters. The number of thiophene rings is 1. The van der Waals surface area contributed by atoms with Crippen molar-refractivity contribution in [1.82, 2.24) is 9.80 Å². The maximum Gasteiger partial charge on any atom is 0.242 e. The largest absolute Gasteiger partial charge is 0.337 e. The molecular weight excluding hydrogens is 248 g/mol. The van der Waals surface area contributed by atoms with Crippen molar-refractivity contribution in [2.75, 3.05) is 20.1 Å². The standard InChI is InChI=1S/C13H18N2O2S/c1-10(16)14(2)8-13(17)15-6-3-4-12(15)11-5-7-18-9-11/h5,7,9,12H,3-4,6,8H2,1-2H3/t12-/m0/s1. The Morgan fingerprint density at radius 3 is 2.94 bits per heavy atom. The minimum Gasteiger partial charge on any atom is -0.337 e. The summed E-state index contributed by atoms with van der Waals surface area (Å²) in [5.74, 6) is -0.0315. The van der Waals surface area contributed by atoms with Crippen LogP contribution in [0.4, 0.5) is 0 Å². The molecule has 1 aromatic rings. The molecular formula is C13H18N2O2S. The van der Waals surface area contributed by atoms with Gasteiger partial charge in [0, 0.05) is 20.5 Å². The van der Waals surface area contributed by atoms with E-state index in [9.17, 15) is 9.59 Å². The van der Waals surface area contributed by atoms with Gasteiger partial charge in [-0.15, -0.1) is 0 Å². The third-order valence-electron chi connectivity index (χ3n) is 3.41. The second-order valence-electron chi connectivity index (χ2n) is 4.68. The summed E-state index contributed by atoms with van der Waals surface area (Å²) >= 11 is 1.66. The monoisotopic (exact) mass is 266 g/mol. The van der Waals surface area contributed by atoms with Gasteiger partial charge in [-0.3, -0.25) is 9.59 Å². The van der Waals surface area contributed by atoms with Crippen LogP contribution in [0.1, 0.15) is 31.4 Å². The van der Waals surface area contributed by atoms with Crippen molar-refractivity contribution < 1.29 is 9.59 Å². The van der Waals surface area contributed by atoms with Crippen LogP contribution in [0.5, 0.6) is 0 Å². The normalized spacial score (nSPS) is 19.0. The first-order chi connectivity index (χ1) is 8.59. The molecule has 0 aliphatic carbocycles. The number of likely N-dealkylation sites (N-methyl/N-ethyl adjacent to an activating group) is 1. The molecule has 1 aliphatic heterocycles. The van der Waals surface area contributed by atoms with Gasteiger partial charge in [0.05, 0.1) is 12.6 Å². The fraction of sp³-hybridized carbons (Fsp3) is 0.538. The molecule has 1 atom stereocenters. The van der Waals surface area contributed by atoms with E-state index in [0.29, 0.717) is 0 Å². The van der Waals surface area contributed by atoms with Crippen molar-refractivity contribution in [3.8, 4) is 0 Å². The molecule has 4 nitrogen and oxygen atoms in total. The van der Waals surface area contributed by atoms with Crippen molar-refractivity contribution >= 4 is 23.2 Å². The first-order valence-electron chi connectivity index (χ1n) is 6.13. The number of amides is 2. The molecule has 2 heterocycles.